The topological polar surface area (TPSA) is 133 Å². The summed E-state index contributed by atoms with van der Waals surface area (Å²) in [5, 5.41) is 19.7. The van der Waals surface area contributed by atoms with Crippen molar-refractivity contribution in [2.45, 2.75) is 39.3 Å². The third kappa shape index (κ3) is 9.42. The highest BCUT2D eigenvalue weighted by Gasteiger charge is 2.13. The molecule has 8 nitrogen and oxygen atoms in total. The van der Waals surface area contributed by atoms with Gasteiger partial charge in [-0.25, -0.2) is 0 Å². The first-order valence-electron chi connectivity index (χ1n) is 12.1. The number of carbonyl (C=O) groups excluding carboxylic acids is 2. The minimum absolute atomic E-state index is 0.0784. The molecular weight excluding hydrogens is 470 g/mol. The van der Waals surface area contributed by atoms with Gasteiger partial charge in [0.25, 0.3) is 6.47 Å². The zero-order valence-corrected chi connectivity index (χ0v) is 21.3. The Hall–Kier alpha value is -4.17. The highest BCUT2D eigenvalue weighted by Crippen LogP contribution is 2.30. The van der Waals surface area contributed by atoms with E-state index in [0.717, 1.165) is 37.2 Å². The molecule has 1 atom stereocenters. The molecule has 0 bridgehead atoms. The van der Waals surface area contributed by atoms with E-state index in [2.05, 4.69) is 22.3 Å². The number of aromatic hydroxyl groups is 1. The molecule has 196 valence electrons. The van der Waals surface area contributed by atoms with Crippen LogP contribution in [0.5, 0.6) is 5.75 Å². The Kier molecular flexibility index (Phi) is 11.8. The van der Waals surface area contributed by atoms with E-state index in [1.807, 2.05) is 50.2 Å². The molecule has 3 aromatic carbocycles. The highest BCUT2D eigenvalue weighted by molar-refractivity contribution is 5.94. The van der Waals surface area contributed by atoms with Crippen LogP contribution < -0.4 is 11.1 Å². The Labute approximate surface area is 217 Å². The van der Waals surface area contributed by atoms with E-state index in [1.165, 1.54) is 30.0 Å². The van der Waals surface area contributed by atoms with Gasteiger partial charge >= 0.3 is 0 Å². The van der Waals surface area contributed by atoms with Crippen LogP contribution >= 0.6 is 0 Å². The van der Waals surface area contributed by atoms with Gasteiger partial charge in [-0.1, -0.05) is 48.0 Å². The lowest BCUT2D eigenvalue weighted by Crippen LogP contribution is -2.18. The largest absolute Gasteiger partial charge is 0.507 e. The zero-order chi connectivity index (χ0) is 27.2. The van der Waals surface area contributed by atoms with Crippen LogP contribution in [-0.2, 0) is 16.1 Å². The van der Waals surface area contributed by atoms with Crippen LogP contribution in [0.2, 0.25) is 0 Å². The molecule has 0 aliphatic carbocycles. The van der Waals surface area contributed by atoms with Crippen LogP contribution in [-0.4, -0.2) is 47.0 Å². The lowest BCUT2D eigenvalue weighted by molar-refractivity contribution is -0.122. The standard InChI is InChI=1S/C18H20N2O2.C10H13NO.CH2O2/c19-18(22)15-6-7-16(17(21)11-15)14-5-3-4-13(10-14)12-20-8-1-2-9-20;1-8-3-5-10(6-4-8)9(2)11-7-12;2-1-3/h3-7,10-11,21H,1-2,8-9,12H2,(H2,19,22);3-7,9H,1-2H3,(H,11,12);1H,(H,2,3). The number of rotatable bonds is 7. The van der Waals surface area contributed by atoms with Crippen molar-refractivity contribution in [2.24, 2.45) is 5.73 Å². The molecule has 1 saturated heterocycles. The third-order valence-electron chi connectivity index (χ3n) is 6.02. The second kappa shape index (κ2) is 15.1. The molecule has 1 unspecified atom stereocenters. The number of phenols is 1. The molecule has 5 N–H and O–H groups in total. The van der Waals surface area contributed by atoms with Crippen LogP contribution in [0.1, 0.15) is 52.9 Å². The predicted octanol–water partition coefficient (Wildman–Crippen LogP) is 4.26. The summed E-state index contributed by atoms with van der Waals surface area (Å²) in [6.45, 7) is 7.00. The predicted molar refractivity (Wildman–Crippen MR) is 144 cm³/mol. The number of aryl methyl sites for hydroxylation is 1. The molecule has 1 aliphatic heterocycles. The van der Waals surface area contributed by atoms with E-state index in [0.29, 0.717) is 11.1 Å². The molecule has 2 amide bonds. The summed E-state index contributed by atoms with van der Waals surface area (Å²) >= 11 is 0. The molecule has 1 aliphatic rings. The number of hydrogen-bond acceptors (Lipinski definition) is 5. The Bertz CT molecular complexity index is 1160. The fraction of sp³-hybridized carbons (Fsp3) is 0.276. The van der Waals surface area contributed by atoms with Gasteiger partial charge in [0.05, 0.1) is 6.04 Å². The quantitative estimate of drug-likeness (QED) is 0.355. The fourth-order valence-electron chi connectivity index (χ4n) is 4.02. The maximum atomic E-state index is 11.2. The Morgan fingerprint density at radius 3 is 2.27 bits per heavy atom. The van der Waals surface area contributed by atoms with Crippen molar-refractivity contribution >= 4 is 18.8 Å². The molecule has 0 aromatic heterocycles. The summed E-state index contributed by atoms with van der Waals surface area (Å²) in [6, 6.07) is 21.2. The maximum Gasteiger partial charge on any atom is 0.290 e. The number of benzene rings is 3. The summed E-state index contributed by atoms with van der Waals surface area (Å²) < 4.78 is 0. The second-order valence-corrected chi connectivity index (χ2v) is 8.80. The van der Waals surface area contributed by atoms with Gasteiger partial charge in [-0.3, -0.25) is 19.3 Å². The zero-order valence-electron chi connectivity index (χ0n) is 21.3. The van der Waals surface area contributed by atoms with Gasteiger partial charge in [0.1, 0.15) is 5.75 Å². The molecule has 37 heavy (non-hydrogen) atoms. The number of primary amides is 1. The van der Waals surface area contributed by atoms with Gasteiger partial charge < -0.3 is 21.3 Å². The number of nitrogens with zero attached hydrogens (tertiary/aromatic N) is 1. The minimum Gasteiger partial charge on any atom is -0.507 e. The number of amides is 2. The Morgan fingerprint density at radius 1 is 1.05 bits per heavy atom. The Balaban J connectivity index is 0.000000271. The van der Waals surface area contributed by atoms with Crippen molar-refractivity contribution in [3.8, 4) is 16.9 Å². The number of phenolic OH excluding ortho intramolecular Hbond substituents is 1. The maximum absolute atomic E-state index is 11.2. The average molecular weight is 506 g/mol. The van der Waals surface area contributed by atoms with Crippen molar-refractivity contribution < 1.29 is 24.6 Å². The Morgan fingerprint density at radius 2 is 1.70 bits per heavy atom. The monoisotopic (exact) mass is 505 g/mol. The molecule has 3 aromatic rings. The summed E-state index contributed by atoms with van der Waals surface area (Å²) in [6.07, 6.45) is 3.27. The summed E-state index contributed by atoms with van der Waals surface area (Å²) in [4.78, 5) is 32.1. The number of carboxylic acid groups (broad SMARTS) is 1. The second-order valence-electron chi connectivity index (χ2n) is 8.80. The molecule has 4 rings (SSSR count). The fourth-order valence-corrected chi connectivity index (χ4v) is 4.02. The third-order valence-corrected chi connectivity index (χ3v) is 6.02. The van der Waals surface area contributed by atoms with Crippen LogP contribution in [0.4, 0.5) is 0 Å². The van der Waals surface area contributed by atoms with Crippen molar-refractivity contribution in [3.05, 3.63) is 89.0 Å². The highest BCUT2D eigenvalue weighted by atomic mass is 16.3. The lowest BCUT2D eigenvalue weighted by Gasteiger charge is -2.15. The van der Waals surface area contributed by atoms with Gasteiger partial charge in [-0.05, 0) is 80.7 Å². The molecule has 8 heteroatoms. The SMILES string of the molecule is Cc1ccc(C(C)NC=O)cc1.NC(=O)c1ccc(-c2cccc(CN3CCCC3)c2)c(O)c1.O=CO. The van der Waals surface area contributed by atoms with E-state index >= 15 is 0 Å². The van der Waals surface area contributed by atoms with Crippen LogP contribution in [0.3, 0.4) is 0 Å². The first-order valence-corrected chi connectivity index (χ1v) is 12.1. The van der Waals surface area contributed by atoms with E-state index in [1.54, 1.807) is 12.1 Å². The van der Waals surface area contributed by atoms with Crippen molar-refractivity contribution in [3.63, 3.8) is 0 Å². The summed E-state index contributed by atoms with van der Waals surface area (Å²) in [7, 11) is 0. The van der Waals surface area contributed by atoms with E-state index in [-0.39, 0.29) is 18.3 Å². The molecule has 0 radical (unpaired) electrons. The van der Waals surface area contributed by atoms with Gasteiger partial charge in [-0.15, -0.1) is 0 Å². The van der Waals surface area contributed by atoms with Crippen molar-refractivity contribution in [1.29, 1.82) is 0 Å². The van der Waals surface area contributed by atoms with Crippen LogP contribution in [0, 0.1) is 6.92 Å². The van der Waals surface area contributed by atoms with Crippen molar-refractivity contribution in [2.75, 3.05) is 13.1 Å². The molecule has 1 fully saturated rings. The lowest BCUT2D eigenvalue weighted by atomic mass is 10.0. The van der Waals surface area contributed by atoms with E-state index in [9.17, 15) is 14.7 Å². The van der Waals surface area contributed by atoms with E-state index in [4.69, 9.17) is 15.6 Å². The van der Waals surface area contributed by atoms with Crippen LogP contribution in [0.15, 0.2) is 66.7 Å². The molecule has 0 saturated carbocycles. The van der Waals surface area contributed by atoms with Crippen LogP contribution in [0.25, 0.3) is 11.1 Å². The first kappa shape index (κ1) is 29.1. The van der Waals surface area contributed by atoms with Crippen molar-refractivity contribution in [1.82, 2.24) is 10.2 Å². The number of nitrogens with two attached hydrogens (primary N) is 1. The smallest absolute Gasteiger partial charge is 0.290 e. The molecular formula is C29H35N3O5. The van der Waals surface area contributed by atoms with E-state index < -0.39 is 5.91 Å². The summed E-state index contributed by atoms with van der Waals surface area (Å²) in [5.74, 6) is -0.459. The van der Waals surface area contributed by atoms with Gasteiger partial charge in [0.15, 0.2) is 0 Å². The number of nitrogens with one attached hydrogen (secondary N) is 1. The average Bonchev–Trinajstić information content (AvgIpc) is 3.38. The number of hydrogen-bond donors (Lipinski definition) is 4. The van der Waals surface area contributed by atoms with Gasteiger partial charge in [0, 0.05) is 17.7 Å². The number of likely N-dealkylation sites (tertiary alicyclic amines) is 1. The number of carbonyl (C=O) groups is 3. The summed E-state index contributed by atoms with van der Waals surface area (Å²) in [5.41, 5.74) is 10.8. The van der Waals surface area contributed by atoms with Gasteiger partial charge in [0.2, 0.25) is 12.3 Å². The molecule has 0 spiro atoms. The minimum atomic E-state index is -0.537. The normalized spacial score (nSPS) is 13.2. The first-order chi connectivity index (χ1) is 17.8. The van der Waals surface area contributed by atoms with Gasteiger partial charge in [-0.2, -0.15) is 0 Å². The molecule has 1 heterocycles.